The van der Waals surface area contributed by atoms with E-state index in [2.05, 4.69) is 69.1 Å². The van der Waals surface area contributed by atoms with Crippen molar-refractivity contribution in [3.05, 3.63) is 52.5 Å². The Morgan fingerprint density at radius 3 is 2.63 bits per heavy atom. The minimum absolute atomic E-state index is 0.483. The van der Waals surface area contributed by atoms with E-state index < -0.39 is 0 Å². The molecule has 2 fully saturated rings. The summed E-state index contributed by atoms with van der Waals surface area (Å²) in [6, 6.07) is 16.1. The monoisotopic (exact) mass is 430 g/mol. The summed E-state index contributed by atoms with van der Waals surface area (Å²) in [5.74, 6) is 2.49. The molecule has 2 aliphatic rings. The number of halogens is 1. The lowest BCUT2D eigenvalue weighted by Crippen LogP contribution is -2.52. The quantitative estimate of drug-likeness (QED) is 0.695. The molecule has 1 aliphatic heterocycles. The van der Waals surface area contributed by atoms with Gasteiger partial charge in [0.1, 0.15) is 11.5 Å². The number of benzene rings is 2. The molecule has 3 atom stereocenters. The van der Waals surface area contributed by atoms with Gasteiger partial charge in [0.2, 0.25) is 0 Å². The molecule has 1 saturated carbocycles. The summed E-state index contributed by atoms with van der Waals surface area (Å²) in [6.45, 7) is 5.58. The molecule has 3 unspecified atom stereocenters. The van der Waals surface area contributed by atoms with Crippen LogP contribution in [-0.2, 0) is 0 Å². The molecule has 144 valence electrons. The Balaban J connectivity index is 1.41. The van der Waals surface area contributed by atoms with Crippen molar-refractivity contribution in [3.8, 4) is 11.5 Å². The first-order valence-electron chi connectivity index (χ1n) is 9.59. The highest BCUT2D eigenvalue weighted by Crippen LogP contribution is 2.46. The molecule has 4 nitrogen and oxygen atoms in total. The number of rotatable bonds is 5. The first-order chi connectivity index (χ1) is 13.1. The smallest absolute Gasteiger partial charge is 0.135 e. The van der Waals surface area contributed by atoms with Crippen molar-refractivity contribution in [3.63, 3.8) is 0 Å². The summed E-state index contributed by atoms with van der Waals surface area (Å²) in [7, 11) is 3.46. The summed E-state index contributed by atoms with van der Waals surface area (Å²) in [5, 5.41) is 0. The SMILES string of the molecule is COc1cccc(C2CC2N2CCN(c3ccc(Br)c(OC)c3)C(C)C2)c1. The van der Waals surface area contributed by atoms with Gasteiger partial charge in [0.05, 0.1) is 18.7 Å². The van der Waals surface area contributed by atoms with Crippen molar-refractivity contribution in [2.24, 2.45) is 0 Å². The fraction of sp³-hybridized carbons (Fsp3) is 0.455. The number of nitrogens with zero attached hydrogens (tertiary/aromatic N) is 2. The fourth-order valence-electron chi connectivity index (χ4n) is 4.31. The highest BCUT2D eigenvalue weighted by atomic mass is 79.9. The van der Waals surface area contributed by atoms with Crippen molar-refractivity contribution in [2.75, 3.05) is 38.8 Å². The van der Waals surface area contributed by atoms with E-state index in [1.807, 2.05) is 6.07 Å². The summed E-state index contributed by atoms with van der Waals surface area (Å²) in [6.07, 6.45) is 1.26. The Kier molecular flexibility index (Phi) is 5.33. The van der Waals surface area contributed by atoms with Crippen LogP contribution in [-0.4, -0.2) is 50.8 Å². The van der Waals surface area contributed by atoms with Crippen LogP contribution < -0.4 is 14.4 Å². The highest BCUT2D eigenvalue weighted by molar-refractivity contribution is 9.10. The fourth-order valence-corrected chi connectivity index (χ4v) is 4.72. The minimum atomic E-state index is 0.483. The third kappa shape index (κ3) is 3.81. The van der Waals surface area contributed by atoms with Gasteiger partial charge in [-0.1, -0.05) is 12.1 Å². The third-order valence-corrected chi connectivity index (χ3v) is 6.53. The van der Waals surface area contributed by atoms with Crippen molar-refractivity contribution < 1.29 is 9.47 Å². The van der Waals surface area contributed by atoms with E-state index in [9.17, 15) is 0 Å². The van der Waals surface area contributed by atoms with Gasteiger partial charge in [-0.2, -0.15) is 0 Å². The van der Waals surface area contributed by atoms with Crippen molar-refractivity contribution in [2.45, 2.75) is 31.3 Å². The molecule has 1 heterocycles. The van der Waals surface area contributed by atoms with E-state index in [0.29, 0.717) is 18.0 Å². The van der Waals surface area contributed by atoms with Crippen molar-refractivity contribution in [1.82, 2.24) is 4.90 Å². The van der Waals surface area contributed by atoms with E-state index >= 15 is 0 Å². The molecule has 4 rings (SSSR count). The van der Waals surface area contributed by atoms with Gasteiger partial charge in [0, 0.05) is 49.4 Å². The molecule has 0 bridgehead atoms. The second kappa shape index (κ2) is 7.72. The maximum Gasteiger partial charge on any atom is 0.135 e. The predicted molar refractivity (Wildman–Crippen MR) is 113 cm³/mol. The summed E-state index contributed by atoms with van der Waals surface area (Å²) < 4.78 is 11.9. The Morgan fingerprint density at radius 1 is 1.04 bits per heavy atom. The molecule has 27 heavy (non-hydrogen) atoms. The van der Waals surface area contributed by atoms with E-state index in [1.54, 1.807) is 14.2 Å². The first kappa shape index (κ1) is 18.6. The van der Waals surface area contributed by atoms with E-state index in [1.165, 1.54) is 17.7 Å². The Bertz CT molecular complexity index is 813. The van der Waals surface area contributed by atoms with E-state index in [4.69, 9.17) is 9.47 Å². The van der Waals surface area contributed by atoms with Crippen molar-refractivity contribution in [1.29, 1.82) is 0 Å². The van der Waals surface area contributed by atoms with Crippen LogP contribution in [0, 0.1) is 0 Å². The second-order valence-electron chi connectivity index (χ2n) is 7.54. The Morgan fingerprint density at radius 2 is 1.89 bits per heavy atom. The number of hydrogen-bond acceptors (Lipinski definition) is 4. The molecule has 0 N–H and O–H groups in total. The Hall–Kier alpha value is -1.72. The molecule has 2 aromatic rings. The van der Waals surface area contributed by atoms with E-state index in [-0.39, 0.29) is 0 Å². The third-order valence-electron chi connectivity index (χ3n) is 5.87. The van der Waals surface area contributed by atoms with Gasteiger partial charge in [-0.3, -0.25) is 4.90 Å². The van der Waals surface area contributed by atoms with Crippen LogP contribution in [0.2, 0.25) is 0 Å². The van der Waals surface area contributed by atoms with Crippen LogP contribution >= 0.6 is 15.9 Å². The Labute approximate surface area is 170 Å². The maximum atomic E-state index is 5.47. The normalized spacial score (nSPS) is 25.3. The number of ether oxygens (including phenoxy) is 2. The zero-order chi connectivity index (χ0) is 19.0. The van der Waals surface area contributed by atoms with Gasteiger partial charge in [-0.15, -0.1) is 0 Å². The zero-order valence-electron chi connectivity index (χ0n) is 16.2. The molecular formula is C22H27BrN2O2. The predicted octanol–water partition coefficient (Wildman–Crippen LogP) is 4.53. The zero-order valence-corrected chi connectivity index (χ0v) is 17.8. The summed E-state index contributed by atoms with van der Waals surface area (Å²) >= 11 is 3.54. The lowest BCUT2D eigenvalue weighted by molar-refractivity contribution is 0.216. The van der Waals surface area contributed by atoms with Gasteiger partial charge < -0.3 is 14.4 Å². The number of anilines is 1. The van der Waals surface area contributed by atoms with Crippen LogP contribution in [0.3, 0.4) is 0 Å². The molecule has 0 aromatic heterocycles. The molecule has 0 radical (unpaired) electrons. The largest absolute Gasteiger partial charge is 0.497 e. The van der Waals surface area contributed by atoms with Gasteiger partial charge in [-0.05, 0) is 59.1 Å². The van der Waals surface area contributed by atoms with Crippen LogP contribution in [0.4, 0.5) is 5.69 Å². The van der Waals surface area contributed by atoms with Crippen LogP contribution in [0.5, 0.6) is 11.5 Å². The first-order valence-corrected chi connectivity index (χ1v) is 10.4. The number of methoxy groups -OCH3 is 2. The maximum absolute atomic E-state index is 5.47. The summed E-state index contributed by atoms with van der Waals surface area (Å²) in [4.78, 5) is 5.16. The standard InChI is InChI=1S/C22H27BrN2O2/c1-15-14-24(21-13-19(21)16-5-4-6-18(11-16)26-2)9-10-25(15)17-7-8-20(23)22(12-17)27-3/h4-8,11-12,15,19,21H,9-10,13-14H2,1-3H3. The molecular weight excluding hydrogens is 404 g/mol. The van der Waals surface area contributed by atoms with Crippen LogP contribution in [0.15, 0.2) is 46.9 Å². The molecule has 1 saturated heterocycles. The van der Waals surface area contributed by atoms with Crippen LogP contribution in [0.25, 0.3) is 0 Å². The molecule has 0 amide bonds. The van der Waals surface area contributed by atoms with E-state index in [0.717, 1.165) is 35.6 Å². The lowest BCUT2D eigenvalue weighted by atomic mass is 10.1. The number of piperazine rings is 1. The average Bonchev–Trinajstić information content (AvgIpc) is 3.49. The molecule has 5 heteroatoms. The van der Waals surface area contributed by atoms with Gasteiger partial charge >= 0.3 is 0 Å². The lowest BCUT2D eigenvalue weighted by Gasteiger charge is -2.41. The topological polar surface area (TPSA) is 24.9 Å². The van der Waals surface area contributed by atoms with Crippen LogP contribution in [0.1, 0.15) is 24.8 Å². The molecule has 2 aromatic carbocycles. The van der Waals surface area contributed by atoms with Gasteiger partial charge in [0.25, 0.3) is 0 Å². The minimum Gasteiger partial charge on any atom is -0.497 e. The second-order valence-corrected chi connectivity index (χ2v) is 8.40. The summed E-state index contributed by atoms with van der Waals surface area (Å²) in [5.41, 5.74) is 2.65. The van der Waals surface area contributed by atoms with Gasteiger partial charge in [-0.25, -0.2) is 0 Å². The average molecular weight is 431 g/mol. The highest BCUT2D eigenvalue weighted by Gasteiger charge is 2.44. The van der Waals surface area contributed by atoms with Gasteiger partial charge in [0.15, 0.2) is 0 Å². The van der Waals surface area contributed by atoms with Crippen molar-refractivity contribution >= 4 is 21.6 Å². The molecule has 0 spiro atoms. The number of hydrogen-bond donors (Lipinski definition) is 0. The molecule has 1 aliphatic carbocycles.